The first-order chi connectivity index (χ1) is 6.18. The summed E-state index contributed by atoms with van der Waals surface area (Å²) in [6.07, 6.45) is 0. The predicted octanol–water partition coefficient (Wildman–Crippen LogP) is 1.26. The van der Waals surface area contributed by atoms with E-state index in [0.29, 0.717) is 0 Å². The molecule has 0 saturated heterocycles. The molecule has 0 aliphatic heterocycles. The molecule has 3 nitrogen and oxygen atoms in total. The van der Waals surface area contributed by atoms with Crippen molar-refractivity contribution < 1.29 is 4.74 Å². The van der Waals surface area contributed by atoms with E-state index >= 15 is 0 Å². The Bertz CT molecular complexity index is 169. The highest BCUT2D eigenvalue weighted by atomic mass is 32.2. The molecule has 0 aromatic carbocycles. The zero-order valence-corrected chi connectivity index (χ0v) is 9.41. The molecule has 0 heterocycles. The van der Waals surface area contributed by atoms with E-state index in [9.17, 15) is 0 Å². The quantitative estimate of drug-likeness (QED) is 0.631. The minimum Gasteiger partial charge on any atom is -0.384 e. The zero-order valence-electron chi connectivity index (χ0n) is 8.59. The van der Waals surface area contributed by atoms with Gasteiger partial charge in [0.25, 0.3) is 0 Å². The summed E-state index contributed by atoms with van der Waals surface area (Å²) in [7, 11) is 1.69. The van der Waals surface area contributed by atoms with Crippen molar-refractivity contribution in [2.75, 3.05) is 31.8 Å². The lowest BCUT2D eigenvalue weighted by molar-refractivity contribution is 0.218. The summed E-state index contributed by atoms with van der Waals surface area (Å²) in [5.74, 6) is 1.75. The molecular formula is C9H18N2OS. The van der Waals surface area contributed by atoms with Gasteiger partial charge in [0, 0.05) is 18.6 Å². The van der Waals surface area contributed by atoms with Crippen molar-refractivity contribution in [1.29, 1.82) is 5.26 Å². The average Bonchev–Trinajstić information content (AvgIpc) is 2.13. The molecule has 0 aliphatic rings. The molecular weight excluding hydrogens is 184 g/mol. The normalized spacial score (nSPS) is 14.9. The van der Waals surface area contributed by atoms with Crippen LogP contribution >= 0.6 is 11.8 Å². The van der Waals surface area contributed by atoms with Crippen molar-refractivity contribution in [1.82, 2.24) is 5.32 Å². The molecule has 0 aromatic heterocycles. The van der Waals surface area contributed by atoms with Gasteiger partial charge in [0.2, 0.25) is 0 Å². The first-order valence-corrected chi connectivity index (χ1v) is 5.57. The van der Waals surface area contributed by atoms with E-state index in [-0.39, 0.29) is 0 Å². The SMILES string of the molecule is CCNC(C)(C#N)CSCCOC. The van der Waals surface area contributed by atoms with Crippen LogP contribution in [0.5, 0.6) is 0 Å². The van der Waals surface area contributed by atoms with E-state index in [2.05, 4.69) is 11.4 Å². The molecule has 1 atom stereocenters. The second kappa shape index (κ2) is 7.19. The molecule has 0 amide bonds. The molecule has 1 unspecified atom stereocenters. The van der Waals surface area contributed by atoms with Crippen LogP contribution in [-0.2, 0) is 4.74 Å². The van der Waals surface area contributed by atoms with Gasteiger partial charge in [-0.05, 0) is 13.5 Å². The summed E-state index contributed by atoms with van der Waals surface area (Å²) in [6.45, 7) is 5.51. The standard InChI is InChI=1S/C9H18N2OS/c1-4-11-9(2,7-10)8-13-6-5-12-3/h11H,4-6,8H2,1-3H3. The lowest BCUT2D eigenvalue weighted by Crippen LogP contribution is -2.43. The van der Waals surface area contributed by atoms with E-state index < -0.39 is 5.54 Å². The van der Waals surface area contributed by atoms with E-state index in [1.807, 2.05) is 13.8 Å². The number of nitrogens with one attached hydrogen (secondary N) is 1. The molecule has 0 radical (unpaired) electrons. The number of hydrogen-bond acceptors (Lipinski definition) is 4. The lowest BCUT2D eigenvalue weighted by Gasteiger charge is -2.21. The van der Waals surface area contributed by atoms with Crippen molar-refractivity contribution in [3.63, 3.8) is 0 Å². The second-order valence-corrected chi connectivity index (χ2v) is 4.12. The van der Waals surface area contributed by atoms with Gasteiger partial charge in [0.15, 0.2) is 0 Å². The molecule has 0 rings (SSSR count). The summed E-state index contributed by atoms with van der Waals surface area (Å²) in [4.78, 5) is 0. The van der Waals surface area contributed by atoms with E-state index in [1.165, 1.54) is 0 Å². The van der Waals surface area contributed by atoms with E-state index in [0.717, 1.165) is 24.7 Å². The van der Waals surface area contributed by atoms with Crippen LogP contribution in [0.4, 0.5) is 0 Å². The lowest BCUT2D eigenvalue weighted by atomic mass is 10.1. The fraction of sp³-hybridized carbons (Fsp3) is 0.889. The van der Waals surface area contributed by atoms with Crippen molar-refractivity contribution in [3.05, 3.63) is 0 Å². The Morgan fingerprint density at radius 3 is 2.77 bits per heavy atom. The number of nitriles is 1. The highest BCUT2D eigenvalue weighted by Crippen LogP contribution is 2.11. The van der Waals surface area contributed by atoms with Crippen molar-refractivity contribution in [3.8, 4) is 6.07 Å². The third kappa shape index (κ3) is 5.92. The summed E-state index contributed by atoms with van der Waals surface area (Å²) < 4.78 is 4.93. The van der Waals surface area contributed by atoms with Crippen LogP contribution in [-0.4, -0.2) is 37.3 Å². The number of rotatable bonds is 7. The van der Waals surface area contributed by atoms with Crippen molar-refractivity contribution >= 4 is 11.8 Å². The number of methoxy groups -OCH3 is 1. The largest absolute Gasteiger partial charge is 0.384 e. The van der Waals surface area contributed by atoms with Gasteiger partial charge in [-0.3, -0.25) is 5.32 Å². The number of hydrogen-bond donors (Lipinski definition) is 1. The van der Waals surface area contributed by atoms with Crippen molar-refractivity contribution in [2.24, 2.45) is 0 Å². The van der Waals surface area contributed by atoms with E-state index in [4.69, 9.17) is 10.00 Å². The molecule has 0 spiro atoms. The van der Waals surface area contributed by atoms with Gasteiger partial charge in [0.05, 0.1) is 12.7 Å². The van der Waals surface area contributed by atoms with E-state index in [1.54, 1.807) is 18.9 Å². The Hall–Kier alpha value is -0.240. The molecule has 0 aromatic rings. The highest BCUT2D eigenvalue weighted by Gasteiger charge is 2.21. The zero-order chi connectivity index (χ0) is 10.2. The third-order valence-corrected chi connectivity index (χ3v) is 2.87. The Kier molecular flexibility index (Phi) is 7.06. The van der Waals surface area contributed by atoms with Gasteiger partial charge in [-0.25, -0.2) is 0 Å². The number of nitrogens with zero attached hydrogens (tertiary/aromatic N) is 1. The van der Waals surface area contributed by atoms with Gasteiger partial charge < -0.3 is 4.74 Å². The maximum atomic E-state index is 8.92. The maximum Gasteiger partial charge on any atom is 0.113 e. The smallest absolute Gasteiger partial charge is 0.113 e. The Labute approximate surface area is 84.8 Å². The van der Waals surface area contributed by atoms with Crippen molar-refractivity contribution in [2.45, 2.75) is 19.4 Å². The molecule has 0 aliphatic carbocycles. The topological polar surface area (TPSA) is 45.0 Å². The summed E-state index contributed by atoms with van der Waals surface area (Å²) >= 11 is 1.74. The first-order valence-electron chi connectivity index (χ1n) is 4.41. The molecule has 1 N–H and O–H groups in total. The Morgan fingerprint density at radius 1 is 1.62 bits per heavy atom. The monoisotopic (exact) mass is 202 g/mol. The van der Waals surface area contributed by atoms with Crippen LogP contribution in [0.25, 0.3) is 0 Å². The van der Waals surface area contributed by atoms with Crippen LogP contribution in [0, 0.1) is 11.3 Å². The highest BCUT2D eigenvalue weighted by molar-refractivity contribution is 7.99. The number of ether oxygens (including phenoxy) is 1. The van der Waals surface area contributed by atoms with Gasteiger partial charge in [-0.2, -0.15) is 17.0 Å². The fourth-order valence-electron chi connectivity index (χ4n) is 0.932. The molecule has 4 heteroatoms. The van der Waals surface area contributed by atoms with Crippen LogP contribution in [0.2, 0.25) is 0 Å². The van der Waals surface area contributed by atoms with Crippen LogP contribution < -0.4 is 5.32 Å². The number of thioether (sulfide) groups is 1. The molecule has 0 saturated carbocycles. The molecule has 13 heavy (non-hydrogen) atoms. The molecule has 76 valence electrons. The molecule has 0 bridgehead atoms. The molecule has 0 fully saturated rings. The average molecular weight is 202 g/mol. The minimum atomic E-state index is -0.396. The van der Waals surface area contributed by atoms with Gasteiger partial charge in [-0.1, -0.05) is 6.92 Å². The Morgan fingerprint density at radius 2 is 2.31 bits per heavy atom. The predicted molar refractivity (Wildman–Crippen MR) is 56.9 cm³/mol. The first kappa shape index (κ1) is 12.8. The van der Waals surface area contributed by atoms with Gasteiger partial charge in [0.1, 0.15) is 5.54 Å². The fourth-order valence-corrected chi connectivity index (χ4v) is 1.94. The van der Waals surface area contributed by atoms with Crippen LogP contribution in [0.15, 0.2) is 0 Å². The Balaban J connectivity index is 3.65. The van der Waals surface area contributed by atoms with Gasteiger partial charge >= 0.3 is 0 Å². The second-order valence-electron chi connectivity index (χ2n) is 3.02. The minimum absolute atomic E-state index is 0.396. The van der Waals surface area contributed by atoms with Crippen LogP contribution in [0.1, 0.15) is 13.8 Å². The van der Waals surface area contributed by atoms with Crippen LogP contribution in [0.3, 0.4) is 0 Å². The summed E-state index contributed by atoms with van der Waals surface area (Å²) in [5, 5.41) is 12.1. The third-order valence-electron chi connectivity index (χ3n) is 1.64. The maximum absolute atomic E-state index is 8.92. The summed E-state index contributed by atoms with van der Waals surface area (Å²) in [5.41, 5.74) is -0.396. The van der Waals surface area contributed by atoms with Gasteiger partial charge in [-0.15, -0.1) is 0 Å². The summed E-state index contributed by atoms with van der Waals surface area (Å²) in [6, 6.07) is 2.28.